The Morgan fingerprint density at radius 1 is 1.19 bits per heavy atom. The molecule has 1 aromatic carbocycles. The predicted octanol–water partition coefficient (Wildman–Crippen LogP) is 3.92. The fourth-order valence-electron chi connectivity index (χ4n) is 3.24. The molecule has 0 aliphatic carbocycles. The lowest BCUT2D eigenvalue weighted by Gasteiger charge is -2.13. The molecule has 176 valence electrons. The van der Waals surface area contributed by atoms with E-state index in [0.717, 1.165) is 62.7 Å². The molecule has 0 spiro atoms. The lowest BCUT2D eigenvalue weighted by atomic mass is 10.2. The highest BCUT2D eigenvalue weighted by Crippen LogP contribution is 2.13. The van der Waals surface area contributed by atoms with Crippen molar-refractivity contribution in [3.63, 3.8) is 0 Å². The number of hydrogen-bond acceptors (Lipinski definition) is 5. The van der Waals surface area contributed by atoms with Crippen molar-refractivity contribution >= 4 is 29.9 Å². The average Bonchev–Trinajstić information content (AvgIpc) is 3.33. The summed E-state index contributed by atoms with van der Waals surface area (Å²) in [7, 11) is 0. The second-order valence-electron chi connectivity index (χ2n) is 7.46. The molecule has 1 fully saturated rings. The summed E-state index contributed by atoms with van der Waals surface area (Å²) in [5.41, 5.74) is 2.17. The summed E-state index contributed by atoms with van der Waals surface area (Å²) in [6.45, 7) is 7.01. The molecule has 8 heteroatoms. The van der Waals surface area contributed by atoms with Gasteiger partial charge in [0.1, 0.15) is 6.61 Å². The van der Waals surface area contributed by atoms with Gasteiger partial charge in [-0.2, -0.15) is 0 Å². The number of aliphatic imine (C=N–C) groups is 1. The molecular formula is C24H35IN4O3. The Hall–Kier alpha value is -1.91. The van der Waals surface area contributed by atoms with E-state index in [0.29, 0.717) is 25.6 Å². The van der Waals surface area contributed by atoms with Crippen LogP contribution in [0.5, 0.6) is 5.88 Å². The van der Waals surface area contributed by atoms with E-state index >= 15 is 0 Å². The van der Waals surface area contributed by atoms with Crippen LogP contribution in [-0.4, -0.2) is 50.0 Å². The number of nitrogens with one attached hydrogen (secondary N) is 2. The number of hydrogen-bond donors (Lipinski definition) is 2. The molecule has 0 amide bonds. The highest BCUT2D eigenvalue weighted by atomic mass is 127. The molecule has 0 radical (unpaired) electrons. The molecule has 0 bridgehead atoms. The Balaban J connectivity index is 0.00000363. The molecule has 1 aliphatic rings. The molecule has 2 heterocycles. The van der Waals surface area contributed by atoms with Crippen LogP contribution in [0.3, 0.4) is 0 Å². The average molecular weight is 554 g/mol. The van der Waals surface area contributed by atoms with Gasteiger partial charge in [0.2, 0.25) is 5.88 Å². The van der Waals surface area contributed by atoms with Crippen molar-refractivity contribution in [2.45, 2.75) is 45.4 Å². The summed E-state index contributed by atoms with van der Waals surface area (Å²) in [6.07, 6.45) is 5.23. The van der Waals surface area contributed by atoms with E-state index < -0.39 is 0 Å². The van der Waals surface area contributed by atoms with Crippen molar-refractivity contribution in [3.8, 4) is 5.88 Å². The molecule has 1 saturated heterocycles. The van der Waals surface area contributed by atoms with Crippen LogP contribution in [0, 0.1) is 0 Å². The lowest BCUT2D eigenvalue weighted by molar-refractivity contribution is 0.0168. The minimum atomic E-state index is 0. The molecular weight excluding hydrogens is 519 g/mol. The Morgan fingerprint density at radius 2 is 2.06 bits per heavy atom. The zero-order valence-electron chi connectivity index (χ0n) is 18.8. The molecule has 7 nitrogen and oxygen atoms in total. The Kier molecular flexibility index (Phi) is 13.0. The first kappa shape index (κ1) is 26.3. The summed E-state index contributed by atoms with van der Waals surface area (Å²) < 4.78 is 17.1. The maximum atomic E-state index is 5.81. The molecule has 2 aromatic rings. The van der Waals surface area contributed by atoms with Crippen molar-refractivity contribution in [3.05, 3.63) is 59.8 Å². The maximum absolute atomic E-state index is 5.81. The fourth-order valence-corrected chi connectivity index (χ4v) is 3.24. The number of pyridine rings is 1. The normalized spacial score (nSPS) is 15.8. The van der Waals surface area contributed by atoms with Gasteiger partial charge in [-0.05, 0) is 43.4 Å². The van der Waals surface area contributed by atoms with Gasteiger partial charge >= 0.3 is 0 Å². The minimum Gasteiger partial charge on any atom is -0.473 e. The standard InChI is InChI=1S/C24H34N4O3.HI/c1-2-25-24(27-12-7-14-29-19-22-10-6-15-30-22)28-17-21-11-13-26-23(16-21)31-18-20-8-4-3-5-9-20;/h3-5,8-9,11,13,16,22H,2,6-7,10,12,14-15,17-19H2,1H3,(H2,25,27,28);1H. The zero-order chi connectivity index (χ0) is 21.6. The highest BCUT2D eigenvalue weighted by Gasteiger charge is 2.14. The van der Waals surface area contributed by atoms with Crippen LogP contribution in [0.1, 0.15) is 37.3 Å². The van der Waals surface area contributed by atoms with E-state index in [-0.39, 0.29) is 30.1 Å². The SMILES string of the molecule is CCNC(=NCc1ccnc(OCc2ccccc2)c1)NCCCOCC1CCCO1.I. The smallest absolute Gasteiger partial charge is 0.213 e. The van der Waals surface area contributed by atoms with E-state index in [1.807, 2.05) is 42.5 Å². The first-order valence-corrected chi connectivity index (χ1v) is 11.2. The molecule has 0 saturated carbocycles. The first-order chi connectivity index (χ1) is 15.3. The monoisotopic (exact) mass is 554 g/mol. The van der Waals surface area contributed by atoms with Crippen molar-refractivity contribution in [2.75, 3.05) is 32.9 Å². The van der Waals surface area contributed by atoms with E-state index in [1.165, 1.54) is 0 Å². The third-order valence-corrected chi connectivity index (χ3v) is 4.88. The van der Waals surface area contributed by atoms with Gasteiger partial charge in [0, 0.05) is 38.6 Å². The molecule has 1 atom stereocenters. The van der Waals surface area contributed by atoms with Crippen LogP contribution < -0.4 is 15.4 Å². The molecule has 32 heavy (non-hydrogen) atoms. The number of halogens is 1. The third kappa shape index (κ3) is 10.1. The number of benzene rings is 1. The Morgan fingerprint density at radius 3 is 2.84 bits per heavy atom. The molecule has 3 rings (SSSR count). The van der Waals surface area contributed by atoms with Gasteiger partial charge in [-0.1, -0.05) is 30.3 Å². The first-order valence-electron chi connectivity index (χ1n) is 11.2. The summed E-state index contributed by atoms with van der Waals surface area (Å²) in [5.74, 6) is 1.41. The third-order valence-electron chi connectivity index (χ3n) is 4.88. The van der Waals surface area contributed by atoms with Gasteiger partial charge < -0.3 is 24.8 Å². The van der Waals surface area contributed by atoms with Crippen LogP contribution in [0.15, 0.2) is 53.7 Å². The molecule has 1 aliphatic heterocycles. The van der Waals surface area contributed by atoms with Crippen molar-refractivity contribution in [1.29, 1.82) is 0 Å². The lowest BCUT2D eigenvalue weighted by Crippen LogP contribution is -2.38. The van der Waals surface area contributed by atoms with Crippen LogP contribution in [0.25, 0.3) is 0 Å². The Bertz CT molecular complexity index is 786. The van der Waals surface area contributed by atoms with E-state index in [9.17, 15) is 0 Å². The topological polar surface area (TPSA) is 77.0 Å². The van der Waals surface area contributed by atoms with Crippen LogP contribution >= 0.6 is 24.0 Å². The van der Waals surface area contributed by atoms with E-state index in [2.05, 4.69) is 27.5 Å². The number of rotatable bonds is 12. The molecule has 2 N–H and O–H groups in total. The van der Waals surface area contributed by atoms with Gasteiger partial charge in [0.25, 0.3) is 0 Å². The summed E-state index contributed by atoms with van der Waals surface area (Å²) in [5, 5.41) is 6.64. The zero-order valence-corrected chi connectivity index (χ0v) is 21.1. The second kappa shape index (κ2) is 15.8. The van der Waals surface area contributed by atoms with Gasteiger partial charge in [0.15, 0.2) is 5.96 Å². The number of nitrogens with zero attached hydrogens (tertiary/aromatic N) is 2. The Labute approximate surface area is 208 Å². The molecule has 1 aromatic heterocycles. The van der Waals surface area contributed by atoms with Gasteiger partial charge in [-0.3, -0.25) is 0 Å². The quantitative estimate of drug-likeness (QED) is 0.179. The van der Waals surface area contributed by atoms with Crippen molar-refractivity contribution < 1.29 is 14.2 Å². The van der Waals surface area contributed by atoms with Crippen molar-refractivity contribution in [1.82, 2.24) is 15.6 Å². The maximum Gasteiger partial charge on any atom is 0.213 e. The largest absolute Gasteiger partial charge is 0.473 e. The summed E-state index contributed by atoms with van der Waals surface area (Å²) in [6, 6.07) is 14.0. The van der Waals surface area contributed by atoms with E-state index in [4.69, 9.17) is 14.2 Å². The number of ether oxygens (including phenoxy) is 3. The van der Waals surface area contributed by atoms with E-state index in [1.54, 1.807) is 6.20 Å². The summed E-state index contributed by atoms with van der Waals surface area (Å²) in [4.78, 5) is 8.97. The van der Waals surface area contributed by atoms with Gasteiger partial charge in [-0.15, -0.1) is 24.0 Å². The van der Waals surface area contributed by atoms with Crippen molar-refractivity contribution in [2.24, 2.45) is 4.99 Å². The van der Waals surface area contributed by atoms with Crippen LogP contribution in [0.2, 0.25) is 0 Å². The van der Waals surface area contributed by atoms with Crippen LogP contribution in [-0.2, 0) is 22.6 Å². The molecule has 1 unspecified atom stereocenters. The highest BCUT2D eigenvalue weighted by molar-refractivity contribution is 14.0. The van der Waals surface area contributed by atoms with Crippen LogP contribution in [0.4, 0.5) is 0 Å². The minimum absolute atomic E-state index is 0. The number of guanidine groups is 1. The fraction of sp³-hybridized carbons (Fsp3) is 0.500. The second-order valence-corrected chi connectivity index (χ2v) is 7.46. The van der Waals surface area contributed by atoms with Gasteiger partial charge in [0.05, 0.1) is 19.3 Å². The summed E-state index contributed by atoms with van der Waals surface area (Å²) >= 11 is 0. The van der Waals surface area contributed by atoms with Gasteiger partial charge in [-0.25, -0.2) is 9.98 Å². The number of aromatic nitrogens is 1. The predicted molar refractivity (Wildman–Crippen MR) is 138 cm³/mol.